The lowest BCUT2D eigenvalue weighted by atomic mass is 10.1. The van der Waals surface area contributed by atoms with Crippen molar-refractivity contribution in [1.29, 1.82) is 0 Å². The molecule has 0 saturated heterocycles. The molecular formula is C16H15NO3. The van der Waals surface area contributed by atoms with Crippen LogP contribution in [0.4, 0.5) is 5.69 Å². The molecule has 2 aromatic rings. The summed E-state index contributed by atoms with van der Waals surface area (Å²) in [6.45, 7) is 0.676. The van der Waals surface area contributed by atoms with Gasteiger partial charge in [0.05, 0.1) is 6.61 Å². The lowest BCUT2D eigenvalue weighted by Crippen LogP contribution is -2.26. The Kier molecular flexibility index (Phi) is 3.06. The number of nitrogens with zero attached hydrogens (tertiary/aromatic N) is 1. The molecule has 0 bridgehead atoms. The number of ether oxygens (including phenoxy) is 1. The maximum Gasteiger partial charge on any atom is 0.258 e. The van der Waals surface area contributed by atoms with Crippen LogP contribution in [-0.2, 0) is 6.42 Å². The first-order valence-electron chi connectivity index (χ1n) is 6.48. The van der Waals surface area contributed by atoms with Gasteiger partial charge in [-0.1, -0.05) is 6.07 Å². The molecule has 0 saturated carbocycles. The molecule has 0 atom stereocenters. The van der Waals surface area contributed by atoms with Gasteiger partial charge in [-0.3, -0.25) is 4.79 Å². The molecule has 4 heteroatoms. The minimum absolute atomic E-state index is 0.106. The van der Waals surface area contributed by atoms with Crippen LogP contribution in [0.5, 0.6) is 11.5 Å². The Labute approximate surface area is 117 Å². The molecule has 1 amide bonds. The Morgan fingerprint density at radius 1 is 1.25 bits per heavy atom. The molecule has 102 valence electrons. The van der Waals surface area contributed by atoms with Crippen molar-refractivity contribution >= 4 is 11.6 Å². The molecule has 3 rings (SSSR count). The van der Waals surface area contributed by atoms with Crippen LogP contribution in [0.2, 0.25) is 0 Å². The average molecular weight is 269 g/mol. The van der Waals surface area contributed by atoms with E-state index in [-0.39, 0.29) is 11.7 Å². The molecule has 1 aliphatic heterocycles. The average Bonchev–Trinajstić information content (AvgIpc) is 2.93. The van der Waals surface area contributed by atoms with Gasteiger partial charge in [0, 0.05) is 30.8 Å². The number of rotatable bonds is 2. The van der Waals surface area contributed by atoms with Crippen LogP contribution < -0.4 is 9.64 Å². The van der Waals surface area contributed by atoms with E-state index < -0.39 is 0 Å². The van der Waals surface area contributed by atoms with E-state index in [2.05, 4.69) is 0 Å². The van der Waals surface area contributed by atoms with Crippen LogP contribution >= 0.6 is 0 Å². The summed E-state index contributed by atoms with van der Waals surface area (Å²) in [6, 6.07) is 12.1. The van der Waals surface area contributed by atoms with Gasteiger partial charge in [-0.2, -0.15) is 0 Å². The van der Waals surface area contributed by atoms with Crippen molar-refractivity contribution in [3.8, 4) is 11.5 Å². The number of aromatic hydroxyl groups is 1. The van der Waals surface area contributed by atoms with Crippen LogP contribution in [0, 0.1) is 0 Å². The van der Waals surface area contributed by atoms with E-state index >= 15 is 0 Å². The molecule has 1 N–H and O–H groups in total. The van der Waals surface area contributed by atoms with Gasteiger partial charge in [0.25, 0.3) is 5.91 Å². The maximum absolute atomic E-state index is 12.5. The number of carbonyl (C=O) groups is 1. The van der Waals surface area contributed by atoms with Crippen molar-refractivity contribution in [2.24, 2.45) is 0 Å². The number of hydrogen-bond acceptors (Lipinski definition) is 3. The summed E-state index contributed by atoms with van der Waals surface area (Å²) in [7, 11) is 1.70. The second-order valence-corrected chi connectivity index (χ2v) is 4.80. The Bertz CT molecular complexity index is 667. The van der Waals surface area contributed by atoms with E-state index in [0.717, 1.165) is 17.7 Å². The number of fused-ring (bicyclic) bond motifs is 1. The van der Waals surface area contributed by atoms with Crippen LogP contribution in [0.1, 0.15) is 15.9 Å². The zero-order valence-corrected chi connectivity index (χ0v) is 11.2. The van der Waals surface area contributed by atoms with Crippen molar-refractivity contribution in [3.05, 3.63) is 53.6 Å². The molecule has 1 heterocycles. The number of phenols is 1. The van der Waals surface area contributed by atoms with Crippen molar-refractivity contribution in [2.45, 2.75) is 6.42 Å². The highest BCUT2D eigenvalue weighted by Gasteiger charge is 2.18. The second-order valence-electron chi connectivity index (χ2n) is 4.80. The Morgan fingerprint density at radius 2 is 2.10 bits per heavy atom. The van der Waals surface area contributed by atoms with Crippen LogP contribution in [0.25, 0.3) is 0 Å². The Morgan fingerprint density at radius 3 is 2.90 bits per heavy atom. The summed E-state index contributed by atoms with van der Waals surface area (Å²) in [5.74, 6) is 0.899. The van der Waals surface area contributed by atoms with Gasteiger partial charge >= 0.3 is 0 Å². The third-order valence-corrected chi connectivity index (χ3v) is 3.46. The SMILES string of the molecule is CN(C(=O)c1ccc2c(c1)CCO2)c1cccc(O)c1. The maximum atomic E-state index is 12.5. The van der Waals surface area contributed by atoms with Gasteiger partial charge in [-0.25, -0.2) is 0 Å². The first-order chi connectivity index (χ1) is 9.65. The number of anilines is 1. The number of amides is 1. The molecule has 0 spiro atoms. The molecule has 0 fully saturated rings. The monoisotopic (exact) mass is 269 g/mol. The van der Waals surface area contributed by atoms with Crippen molar-refractivity contribution in [1.82, 2.24) is 0 Å². The molecule has 0 unspecified atom stereocenters. The van der Waals surface area contributed by atoms with Gasteiger partial charge in [-0.15, -0.1) is 0 Å². The lowest BCUT2D eigenvalue weighted by molar-refractivity contribution is 0.0993. The Hall–Kier alpha value is -2.49. The fourth-order valence-corrected chi connectivity index (χ4v) is 2.33. The molecule has 2 aromatic carbocycles. The predicted octanol–water partition coefficient (Wildman–Crippen LogP) is 2.60. The molecule has 0 aliphatic carbocycles. The Balaban J connectivity index is 1.88. The summed E-state index contributed by atoms with van der Waals surface area (Å²) in [5, 5.41) is 9.49. The van der Waals surface area contributed by atoms with Gasteiger partial charge < -0.3 is 14.7 Å². The lowest BCUT2D eigenvalue weighted by Gasteiger charge is -2.18. The van der Waals surface area contributed by atoms with Gasteiger partial charge in [0.2, 0.25) is 0 Å². The van der Waals surface area contributed by atoms with Gasteiger partial charge in [-0.05, 0) is 35.9 Å². The molecular weight excluding hydrogens is 254 g/mol. The third kappa shape index (κ3) is 2.20. The summed E-state index contributed by atoms with van der Waals surface area (Å²) >= 11 is 0. The van der Waals surface area contributed by atoms with Crippen molar-refractivity contribution in [2.75, 3.05) is 18.6 Å². The van der Waals surface area contributed by atoms with E-state index in [1.807, 2.05) is 12.1 Å². The summed E-state index contributed by atoms with van der Waals surface area (Å²) in [6.07, 6.45) is 0.840. The summed E-state index contributed by atoms with van der Waals surface area (Å²) in [5.41, 5.74) is 2.35. The van der Waals surface area contributed by atoms with Gasteiger partial charge in [0.15, 0.2) is 0 Å². The smallest absolute Gasteiger partial charge is 0.258 e. The van der Waals surface area contributed by atoms with Crippen molar-refractivity contribution < 1.29 is 14.6 Å². The van der Waals surface area contributed by atoms with Crippen LogP contribution in [0.15, 0.2) is 42.5 Å². The highest BCUT2D eigenvalue weighted by atomic mass is 16.5. The molecule has 4 nitrogen and oxygen atoms in total. The summed E-state index contributed by atoms with van der Waals surface area (Å²) < 4.78 is 5.44. The molecule has 1 aliphatic rings. The van der Waals surface area contributed by atoms with Crippen LogP contribution in [0.3, 0.4) is 0 Å². The van der Waals surface area contributed by atoms with E-state index in [1.165, 1.54) is 4.90 Å². The number of phenolic OH excluding ortho intramolecular Hbond substituents is 1. The molecule has 0 radical (unpaired) electrons. The van der Waals surface area contributed by atoms with E-state index in [9.17, 15) is 9.90 Å². The first kappa shape index (κ1) is 12.5. The zero-order valence-electron chi connectivity index (χ0n) is 11.2. The molecule has 20 heavy (non-hydrogen) atoms. The normalized spacial score (nSPS) is 12.7. The highest BCUT2D eigenvalue weighted by Crippen LogP contribution is 2.27. The highest BCUT2D eigenvalue weighted by molar-refractivity contribution is 6.06. The van der Waals surface area contributed by atoms with E-state index in [1.54, 1.807) is 37.4 Å². The number of carbonyl (C=O) groups excluding carboxylic acids is 1. The quantitative estimate of drug-likeness (QED) is 0.911. The number of hydrogen-bond donors (Lipinski definition) is 1. The number of benzene rings is 2. The van der Waals surface area contributed by atoms with Crippen molar-refractivity contribution in [3.63, 3.8) is 0 Å². The molecule has 0 aromatic heterocycles. The minimum Gasteiger partial charge on any atom is -0.508 e. The predicted molar refractivity (Wildman–Crippen MR) is 76.5 cm³/mol. The largest absolute Gasteiger partial charge is 0.508 e. The minimum atomic E-state index is -0.106. The first-order valence-corrected chi connectivity index (χ1v) is 6.48. The van der Waals surface area contributed by atoms with Gasteiger partial charge in [0.1, 0.15) is 11.5 Å². The van der Waals surface area contributed by atoms with E-state index in [0.29, 0.717) is 17.9 Å². The van der Waals surface area contributed by atoms with Crippen LogP contribution in [-0.4, -0.2) is 24.7 Å². The topological polar surface area (TPSA) is 49.8 Å². The zero-order chi connectivity index (χ0) is 14.1. The standard InChI is InChI=1S/C16H15NO3/c1-17(13-3-2-4-14(18)10-13)16(19)12-5-6-15-11(9-12)7-8-20-15/h2-6,9-10,18H,7-8H2,1H3. The summed E-state index contributed by atoms with van der Waals surface area (Å²) in [4.78, 5) is 14.0. The second kappa shape index (κ2) is 4.89. The fourth-order valence-electron chi connectivity index (χ4n) is 2.33. The van der Waals surface area contributed by atoms with E-state index in [4.69, 9.17) is 4.74 Å². The fraction of sp³-hybridized carbons (Fsp3) is 0.188. The third-order valence-electron chi connectivity index (χ3n) is 3.46.